The van der Waals surface area contributed by atoms with Gasteiger partial charge in [0.25, 0.3) is 0 Å². The van der Waals surface area contributed by atoms with Gasteiger partial charge in [0, 0.05) is 10.8 Å². The maximum atomic E-state index is 6.03. The number of nitrogens with two attached hydrogens (primary N) is 1. The average molecular weight is 238 g/mol. The van der Waals surface area contributed by atoms with Crippen LogP contribution >= 0.6 is 0 Å². The predicted molar refractivity (Wildman–Crippen MR) is 75.0 cm³/mol. The molecule has 1 aromatic heterocycles. The Balaban J connectivity index is 2.53. The second-order valence-electron chi connectivity index (χ2n) is 4.38. The van der Waals surface area contributed by atoms with Crippen molar-refractivity contribution in [2.75, 3.05) is 12.8 Å². The molecule has 3 rings (SSSR count). The summed E-state index contributed by atoms with van der Waals surface area (Å²) in [5.41, 5.74) is 8.17. The zero-order valence-corrected chi connectivity index (χ0v) is 10.4. The third-order valence-corrected chi connectivity index (χ3v) is 3.26. The van der Waals surface area contributed by atoms with Crippen LogP contribution in [0.4, 0.5) is 5.82 Å². The highest BCUT2D eigenvalue weighted by Gasteiger charge is 2.08. The van der Waals surface area contributed by atoms with E-state index in [0.717, 1.165) is 27.4 Å². The number of rotatable bonds is 1. The number of methoxy groups -OCH3 is 1. The van der Waals surface area contributed by atoms with Crippen LogP contribution in [0.25, 0.3) is 21.7 Å². The van der Waals surface area contributed by atoms with Crippen LogP contribution in [0.15, 0.2) is 36.4 Å². The molecule has 90 valence electrons. The smallest absolute Gasteiger partial charge is 0.132 e. The summed E-state index contributed by atoms with van der Waals surface area (Å²) in [6.07, 6.45) is 0. The Morgan fingerprint density at radius 3 is 2.72 bits per heavy atom. The van der Waals surface area contributed by atoms with Gasteiger partial charge in [-0.05, 0) is 42.1 Å². The number of nitrogens with zero attached hydrogens (tertiary/aromatic N) is 1. The molecule has 0 saturated carbocycles. The fourth-order valence-electron chi connectivity index (χ4n) is 2.37. The van der Waals surface area contributed by atoms with Crippen molar-refractivity contribution >= 4 is 27.5 Å². The number of nitrogen functional groups attached to an aromatic ring is 1. The molecule has 0 aliphatic heterocycles. The molecule has 3 heteroatoms. The van der Waals surface area contributed by atoms with Crippen LogP contribution in [0.2, 0.25) is 0 Å². The highest BCUT2D eigenvalue weighted by molar-refractivity contribution is 6.11. The first kappa shape index (κ1) is 10.8. The van der Waals surface area contributed by atoms with Crippen LogP contribution in [0, 0.1) is 6.92 Å². The van der Waals surface area contributed by atoms with Gasteiger partial charge in [0.05, 0.1) is 12.6 Å². The largest absolute Gasteiger partial charge is 0.497 e. The van der Waals surface area contributed by atoms with Crippen molar-refractivity contribution in [3.05, 3.63) is 42.0 Å². The minimum atomic E-state index is 0.544. The van der Waals surface area contributed by atoms with Crippen LogP contribution in [0.1, 0.15) is 5.56 Å². The Morgan fingerprint density at radius 2 is 1.94 bits per heavy atom. The SMILES string of the molecule is COc1ccc2c(c1)c(N)nc1cccc(C)c12. The van der Waals surface area contributed by atoms with E-state index in [1.54, 1.807) is 7.11 Å². The van der Waals surface area contributed by atoms with Crippen molar-refractivity contribution in [1.29, 1.82) is 0 Å². The summed E-state index contributed by atoms with van der Waals surface area (Å²) >= 11 is 0. The van der Waals surface area contributed by atoms with E-state index >= 15 is 0 Å². The van der Waals surface area contributed by atoms with Gasteiger partial charge in [0.15, 0.2) is 0 Å². The van der Waals surface area contributed by atoms with Gasteiger partial charge < -0.3 is 10.5 Å². The number of ether oxygens (including phenoxy) is 1. The molecule has 0 spiro atoms. The molecule has 0 aliphatic rings. The number of anilines is 1. The normalized spacial score (nSPS) is 11.0. The fraction of sp³-hybridized carbons (Fsp3) is 0.133. The first-order valence-electron chi connectivity index (χ1n) is 5.83. The van der Waals surface area contributed by atoms with E-state index in [2.05, 4.69) is 18.0 Å². The lowest BCUT2D eigenvalue weighted by Crippen LogP contribution is -1.95. The van der Waals surface area contributed by atoms with Gasteiger partial charge in [-0.3, -0.25) is 0 Å². The molecule has 0 amide bonds. The molecule has 0 atom stereocenters. The Hall–Kier alpha value is -2.29. The summed E-state index contributed by atoms with van der Waals surface area (Å²) in [5, 5.41) is 3.22. The van der Waals surface area contributed by atoms with Crippen molar-refractivity contribution in [2.24, 2.45) is 0 Å². The van der Waals surface area contributed by atoms with E-state index in [0.29, 0.717) is 5.82 Å². The molecular formula is C15H14N2O. The third kappa shape index (κ3) is 1.48. The maximum absolute atomic E-state index is 6.03. The standard InChI is InChI=1S/C15H14N2O/c1-9-4-3-5-13-14(9)11-7-6-10(18-2)8-12(11)15(16)17-13/h3-8H,1-2H3,(H2,16,17). The number of aryl methyl sites for hydroxylation is 1. The average Bonchev–Trinajstić information content (AvgIpc) is 2.38. The molecule has 2 N–H and O–H groups in total. The zero-order valence-electron chi connectivity index (χ0n) is 10.4. The van der Waals surface area contributed by atoms with Crippen LogP contribution in [-0.4, -0.2) is 12.1 Å². The predicted octanol–water partition coefficient (Wildman–Crippen LogP) is 3.29. The van der Waals surface area contributed by atoms with Gasteiger partial charge in [-0.1, -0.05) is 12.1 Å². The summed E-state index contributed by atoms with van der Waals surface area (Å²) in [6, 6.07) is 12.0. The number of fused-ring (bicyclic) bond motifs is 3. The molecule has 0 fully saturated rings. The molecule has 3 nitrogen and oxygen atoms in total. The molecule has 1 heterocycles. The quantitative estimate of drug-likeness (QED) is 0.662. The molecular weight excluding hydrogens is 224 g/mol. The number of benzene rings is 2. The van der Waals surface area contributed by atoms with Crippen LogP contribution < -0.4 is 10.5 Å². The minimum Gasteiger partial charge on any atom is -0.497 e. The maximum Gasteiger partial charge on any atom is 0.132 e. The van der Waals surface area contributed by atoms with E-state index in [-0.39, 0.29) is 0 Å². The highest BCUT2D eigenvalue weighted by Crippen LogP contribution is 2.32. The lowest BCUT2D eigenvalue weighted by atomic mass is 10.0. The summed E-state index contributed by atoms with van der Waals surface area (Å²) in [4.78, 5) is 4.46. The van der Waals surface area contributed by atoms with Crippen LogP contribution in [0.3, 0.4) is 0 Å². The molecule has 18 heavy (non-hydrogen) atoms. The van der Waals surface area contributed by atoms with E-state index in [1.165, 1.54) is 5.56 Å². The van der Waals surface area contributed by atoms with Crippen LogP contribution in [0.5, 0.6) is 5.75 Å². The van der Waals surface area contributed by atoms with Gasteiger partial charge >= 0.3 is 0 Å². The van der Waals surface area contributed by atoms with Gasteiger partial charge in [-0.2, -0.15) is 0 Å². The Bertz CT molecular complexity index is 750. The van der Waals surface area contributed by atoms with Crippen molar-refractivity contribution in [3.8, 4) is 5.75 Å². The van der Waals surface area contributed by atoms with Gasteiger partial charge in [0.2, 0.25) is 0 Å². The van der Waals surface area contributed by atoms with Crippen molar-refractivity contribution < 1.29 is 4.74 Å². The minimum absolute atomic E-state index is 0.544. The van der Waals surface area contributed by atoms with E-state index < -0.39 is 0 Å². The summed E-state index contributed by atoms with van der Waals surface area (Å²) in [6.45, 7) is 2.09. The Morgan fingerprint density at radius 1 is 1.11 bits per heavy atom. The molecule has 0 aliphatic carbocycles. The lowest BCUT2D eigenvalue weighted by Gasteiger charge is -2.10. The first-order valence-corrected chi connectivity index (χ1v) is 5.83. The molecule has 0 radical (unpaired) electrons. The fourth-order valence-corrected chi connectivity index (χ4v) is 2.37. The lowest BCUT2D eigenvalue weighted by molar-refractivity contribution is 0.415. The molecule has 2 aromatic carbocycles. The molecule has 0 unspecified atom stereocenters. The summed E-state index contributed by atoms with van der Waals surface area (Å²) in [7, 11) is 1.65. The third-order valence-electron chi connectivity index (χ3n) is 3.26. The van der Waals surface area contributed by atoms with Gasteiger partial charge in [-0.15, -0.1) is 0 Å². The molecule has 0 saturated heterocycles. The molecule has 0 bridgehead atoms. The second-order valence-corrected chi connectivity index (χ2v) is 4.38. The first-order chi connectivity index (χ1) is 8.70. The molecule has 3 aromatic rings. The van der Waals surface area contributed by atoms with E-state index in [1.807, 2.05) is 30.3 Å². The highest BCUT2D eigenvalue weighted by atomic mass is 16.5. The monoisotopic (exact) mass is 238 g/mol. The number of hydrogen-bond acceptors (Lipinski definition) is 3. The van der Waals surface area contributed by atoms with E-state index in [4.69, 9.17) is 10.5 Å². The van der Waals surface area contributed by atoms with Gasteiger partial charge in [0.1, 0.15) is 11.6 Å². The van der Waals surface area contributed by atoms with Crippen molar-refractivity contribution in [3.63, 3.8) is 0 Å². The van der Waals surface area contributed by atoms with Crippen LogP contribution in [-0.2, 0) is 0 Å². The van der Waals surface area contributed by atoms with Crippen molar-refractivity contribution in [2.45, 2.75) is 6.92 Å². The zero-order chi connectivity index (χ0) is 12.7. The Kier molecular flexibility index (Phi) is 2.33. The number of hydrogen-bond donors (Lipinski definition) is 1. The number of pyridine rings is 1. The van der Waals surface area contributed by atoms with Crippen molar-refractivity contribution in [1.82, 2.24) is 4.98 Å². The number of aromatic nitrogens is 1. The Labute approximate surface area is 105 Å². The topological polar surface area (TPSA) is 48.1 Å². The van der Waals surface area contributed by atoms with Gasteiger partial charge in [-0.25, -0.2) is 4.98 Å². The second kappa shape index (κ2) is 3.88. The summed E-state index contributed by atoms with van der Waals surface area (Å²) in [5.74, 6) is 1.34. The summed E-state index contributed by atoms with van der Waals surface area (Å²) < 4.78 is 5.24. The van der Waals surface area contributed by atoms with E-state index in [9.17, 15) is 0 Å².